The largest absolute Gasteiger partial charge is 2.00 e. The molecule has 0 heterocycles. The third-order valence-electron chi connectivity index (χ3n) is 1.38. The Kier molecular flexibility index (Phi) is 8.07. The summed E-state index contributed by atoms with van der Waals surface area (Å²) in [6.07, 6.45) is 15.1. The third kappa shape index (κ3) is 6.50. The molecular formula is C10H12FeN2+2. The van der Waals surface area contributed by atoms with E-state index < -0.39 is 0 Å². The molecule has 0 unspecified atom stereocenters. The molecular weight excluding hydrogens is 204 g/mol. The van der Waals surface area contributed by atoms with Crippen molar-refractivity contribution in [2.45, 2.75) is 0 Å². The second kappa shape index (κ2) is 7.81. The normalized spacial score (nSPS) is 23.5. The molecule has 0 aromatic rings. The van der Waals surface area contributed by atoms with Crippen LogP contribution in [-0.2, 0) is 17.1 Å². The van der Waals surface area contributed by atoms with E-state index in [1.54, 1.807) is 0 Å². The molecule has 10 radical (unpaired) electrons. The van der Waals surface area contributed by atoms with Crippen LogP contribution in [-0.4, -0.2) is 0 Å². The second-order valence-electron chi connectivity index (χ2n) is 2.44. The van der Waals surface area contributed by atoms with Crippen molar-refractivity contribution in [1.29, 1.82) is 0 Å². The molecule has 68 valence electrons. The van der Waals surface area contributed by atoms with Crippen molar-refractivity contribution >= 4 is 0 Å². The number of hydrogen-bond acceptors (Lipinski definition) is 2. The minimum Gasteiger partial charge on any atom is -0.323 e. The summed E-state index contributed by atoms with van der Waals surface area (Å²) in [6, 6.07) is 1.69. The van der Waals surface area contributed by atoms with E-state index in [0.29, 0.717) is 0 Å². The minimum atomic E-state index is 0. The van der Waals surface area contributed by atoms with Crippen molar-refractivity contribution < 1.29 is 17.1 Å². The Hall–Kier alpha value is 0.439. The predicted molar refractivity (Wildman–Crippen MR) is 49.3 cm³/mol. The summed E-state index contributed by atoms with van der Waals surface area (Å²) in [5.74, 6) is 0. The van der Waals surface area contributed by atoms with Gasteiger partial charge in [-0.2, -0.15) is 0 Å². The van der Waals surface area contributed by atoms with Gasteiger partial charge >= 0.3 is 17.1 Å². The Morgan fingerprint density at radius 3 is 0.923 bits per heavy atom. The predicted octanol–water partition coefficient (Wildman–Crippen LogP) is 0.613. The molecule has 0 saturated heterocycles. The molecule has 2 aliphatic carbocycles. The van der Waals surface area contributed by atoms with Gasteiger partial charge in [-0.15, -0.1) is 0 Å². The fourth-order valence-corrected chi connectivity index (χ4v) is 0.778. The molecule has 4 N–H and O–H groups in total. The van der Waals surface area contributed by atoms with Crippen LogP contribution in [0.3, 0.4) is 0 Å². The van der Waals surface area contributed by atoms with E-state index in [1.807, 2.05) is 51.4 Å². The Bertz CT molecular complexity index is 93.5. The van der Waals surface area contributed by atoms with Crippen molar-refractivity contribution in [2.75, 3.05) is 0 Å². The maximum atomic E-state index is 5.28. The Labute approximate surface area is 92.3 Å². The zero-order valence-electron chi connectivity index (χ0n) is 7.13. The first-order chi connectivity index (χ1) is 5.79. The minimum absolute atomic E-state index is 0. The summed E-state index contributed by atoms with van der Waals surface area (Å²) < 4.78 is 0. The zero-order valence-corrected chi connectivity index (χ0v) is 8.23. The van der Waals surface area contributed by atoms with Gasteiger partial charge in [-0.3, -0.25) is 0 Å². The average Bonchev–Trinajstić information content (AvgIpc) is 2.63. The van der Waals surface area contributed by atoms with Gasteiger partial charge in [0.15, 0.2) is 0 Å². The first-order valence-corrected chi connectivity index (χ1v) is 3.73. The Morgan fingerprint density at radius 1 is 0.615 bits per heavy atom. The van der Waals surface area contributed by atoms with Gasteiger partial charge in [0.05, 0.1) is 0 Å². The van der Waals surface area contributed by atoms with Gasteiger partial charge in [-0.05, 0) is 51.4 Å². The molecule has 0 bridgehead atoms. The monoisotopic (exact) mass is 216 g/mol. The maximum absolute atomic E-state index is 5.28. The zero-order chi connectivity index (χ0) is 8.81. The first-order valence-electron chi connectivity index (χ1n) is 3.73. The van der Waals surface area contributed by atoms with Gasteiger partial charge in [0.1, 0.15) is 0 Å². The third-order valence-corrected chi connectivity index (χ3v) is 1.38. The molecule has 0 spiro atoms. The van der Waals surface area contributed by atoms with E-state index in [2.05, 4.69) is 0 Å². The van der Waals surface area contributed by atoms with Crippen LogP contribution in [0.4, 0.5) is 0 Å². The fraction of sp³-hybridized carbons (Fsp3) is 0. The van der Waals surface area contributed by atoms with Gasteiger partial charge in [0.25, 0.3) is 0 Å². The summed E-state index contributed by atoms with van der Waals surface area (Å²) in [7, 11) is 0. The van der Waals surface area contributed by atoms with Crippen LogP contribution in [0.2, 0.25) is 0 Å². The number of hydrogen-bond donors (Lipinski definition) is 2. The van der Waals surface area contributed by atoms with Crippen molar-refractivity contribution in [1.82, 2.24) is 0 Å². The first kappa shape index (κ1) is 13.4. The molecule has 2 nitrogen and oxygen atoms in total. The van der Waals surface area contributed by atoms with E-state index in [9.17, 15) is 0 Å². The molecule has 0 aliphatic heterocycles. The molecule has 2 fully saturated rings. The van der Waals surface area contributed by atoms with Crippen LogP contribution in [0.15, 0.2) is 0 Å². The average molecular weight is 216 g/mol. The Morgan fingerprint density at radius 2 is 0.846 bits per heavy atom. The molecule has 3 heteroatoms. The summed E-state index contributed by atoms with van der Waals surface area (Å²) in [6.45, 7) is 0. The fourth-order valence-electron chi connectivity index (χ4n) is 0.778. The SMILES string of the molecule is N[C]1[CH][CH][CH][CH]1.N[C]1[CH][CH][CH][CH]1.[Fe+2]. The van der Waals surface area contributed by atoms with Crippen molar-refractivity contribution in [3.63, 3.8) is 0 Å². The molecule has 0 aromatic carbocycles. The van der Waals surface area contributed by atoms with E-state index in [0.717, 1.165) is 12.1 Å². The summed E-state index contributed by atoms with van der Waals surface area (Å²) in [5.41, 5.74) is 10.6. The second-order valence-corrected chi connectivity index (χ2v) is 2.44. The van der Waals surface area contributed by atoms with E-state index in [4.69, 9.17) is 11.5 Å². The molecule has 2 aliphatic rings. The Balaban J connectivity index is 0.000000206. The molecule has 13 heavy (non-hydrogen) atoms. The molecule has 0 atom stereocenters. The van der Waals surface area contributed by atoms with Gasteiger partial charge < -0.3 is 11.5 Å². The summed E-state index contributed by atoms with van der Waals surface area (Å²) in [5, 5.41) is 0. The van der Waals surface area contributed by atoms with Crippen LogP contribution in [0, 0.1) is 63.5 Å². The van der Waals surface area contributed by atoms with Gasteiger partial charge in [-0.1, -0.05) is 0 Å². The van der Waals surface area contributed by atoms with Crippen LogP contribution in [0.5, 0.6) is 0 Å². The molecule has 2 saturated carbocycles. The molecule has 0 aromatic heterocycles. The van der Waals surface area contributed by atoms with Crippen molar-refractivity contribution in [3.05, 3.63) is 63.5 Å². The van der Waals surface area contributed by atoms with Crippen LogP contribution < -0.4 is 11.5 Å². The quantitative estimate of drug-likeness (QED) is 0.583. The number of rotatable bonds is 0. The van der Waals surface area contributed by atoms with Gasteiger partial charge in [0.2, 0.25) is 0 Å². The van der Waals surface area contributed by atoms with E-state index in [-0.39, 0.29) is 17.1 Å². The van der Waals surface area contributed by atoms with Crippen molar-refractivity contribution in [3.8, 4) is 0 Å². The van der Waals surface area contributed by atoms with Crippen molar-refractivity contribution in [2.24, 2.45) is 11.5 Å². The topological polar surface area (TPSA) is 52.0 Å². The summed E-state index contributed by atoms with van der Waals surface area (Å²) >= 11 is 0. The maximum Gasteiger partial charge on any atom is 2.00 e. The summed E-state index contributed by atoms with van der Waals surface area (Å²) in [4.78, 5) is 0. The van der Waals surface area contributed by atoms with Gasteiger partial charge in [-0.25, -0.2) is 0 Å². The molecule has 2 rings (SSSR count). The smallest absolute Gasteiger partial charge is 0.323 e. The van der Waals surface area contributed by atoms with Crippen LogP contribution in [0.25, 0.3) is 0 Å². The number of nitrogens with two attached hydrogens (primary N) is 2. The van der Waals surface area contributed by atoms with Crippen LogP contribution in [0.1, 0.15) is 0 Å². The van der Waals surface area contributed by atoms with Gasteiger partial charge in [0, 0.05) is 12.1 Å². The van der Waals surface area contributed by atoms with E-state index >= 15 is 0 Å². The standard InChI is InChI=1S/2C5H6N.Fe/c2*6-5-3-1-2-4-5;/h2*1-4H,6H2;/q;;+2. The molecule has 0 amide bonds. The van der Waals surface area contributed by atoms with Crippen LogP contribution >= 0.6 is 0 Å². The van der Waals surface area contributed by atoms with E-state index in [1.165, 1.54) is 0 Å².